The van der Waals surface area contributed by atoms with Crippen LogP contribution in [-0.2, 0) is 17.9 Å². The summed E-state index contributed by atoms with van der Waals surface area (Å²) in [5.41, 5.74) is -0.249. The fourth-order valence-electron chi connectivity index (χ4n) is 5.92. The number of hydrogen-bond acceptors (Lipinski definition) is 6. The number of benzene rings is 2. The Bertz CT molecular complexity index is 1650. The van der Waals surface area contributed by atoms with E-state index in [1.54, 1.807) is 9.47 Å². The summed E-state index contributed by atoms with van der Waals surface area (Å²) in [5, 5.41) is 2.54. The van der Waals surface area contributed by atoms with E-state index in [9.17, 15) is 28.0 Å². The van der Waals surface area contributed by atoms with Crippen LogP contribution in [0.15, 0.2) is 59.5 Å². The Morgan fingerprint density at radius 2 is 1.95 bits per heavy atom. The summed E-state index contributed by atoms with van der Waals surface area (Å²) < 4.78 is 37.5. The highest BCUT2D eigenvalue weighted by Gasteiger charge is 2.54. The van der Waals surface area contributed by atoms with E-state index in [1.807, 2.05) is 37.3 Å². The fourth-order valence-corrected chi connectivity index (χ4v) is 7.06. The summed E-state index contributed by atoms with van der Waals surface area (Å²) in [6, 6.07) is 11.5. The van der Waals surface area contributed by atoms with Gasteiger partial charge in [0.05, 0.1) is 10.8 Å². The molecule has 42 heavy (non-hydrogen) atoms. The molecule has 0 radical (unpaired) electrons. The number of rotatable bonds is 6. The van der Waals surface area contributed by atoms with Crippen LogP contribution in [0.25, 0.3) is 0 Å². The van der Waals surface area contributed by atoms with Crippen molar-refractivity contribution in [1.82, 2.24) is 19.5 Å². The van der Waals surface area contributed by atoms with E-state index in [4.69, 9.17) is 4.74 Å². The van der Waals surface area contributed by atoms with Gasteiger partial charge in [-0.15, -0.1) is 0 Å². The molecule has 2 saturated heterocycles. The number of halogens is 2. The number of aromatic nitrogens is 1. The number of hydrogen-bond donors (Lipinski definition) is 2. The van der Waals surface area contributed by atoms with Crippen LogP contribution in [0, 0.1) is 11.6 Å². The minimum absolute atomic E-state index is 0.0254. The van der Waals surface area contributed by atoms with Crippen molar-refractivity contribution in [3.63, 3.8) is 0 Å². The van der Waals surface area contributed by atoms with Crippen molar-refractivity contribution in [2.24, 2.45) is 0 Å². The lowest BCUT2D eigenvalue weighted by Gasteiger charge is -2.42. The van der Waals surface area contributed by atoms with Gasteiger partial charge >= 0.3 is 0 Å². The second kappa shape index (κ2) is 10.9. The molecule has 218 valence electrons. The van der Waals surface area contributed by atoms with Gasteiger partial charge in [0.1, 0.15) is 23.8 Å². The maximum atomic E-state index is 14.2. The van der Waals surface area contributed by atoms with Crippen molar-refractivity contribution < 1.29 is 27.9 Å². The maximum Gasteiger partial charge on any atom is 0.274 e. The fraction of sp³-hybridized carbons (Fsp3) is 0.333. The molecule has 3 aliphatic rings. The Balaban J connectivity index is 1.45. The number of nitrogens with one attached hydrogen (secondary N) is 2. The molecule has 12 heteroatoms. The largest absolute Gasteiger partial charge is 0.483 e. The second-order valence-corrected chi connectivity index (χ2v) is 12.1. The van der Waals surface area contributed by atoms with Crippen LogP contribution in [0.2, 0.25) is 0 Å². The van der Waals surface area contributed by atoms with Crippen LogP contribution in [0.5, 0.6) is 5.75 Å². The van der Waals surface area contributed by atoms with Crippen molar-refractivity contribution in [3.8, 4) is 5.75 Å². The van der Waals surface area contributed by atoms with Gasteiger partial charge in [-0.2, -0.15) is 0 Å². The lowest BCUT2D eigenvalue weighted by Crippen LogP contribution is -2.51. The number of nitrogens with zero attached hydrogens (tertiary/aromatic N) is 2. The topological polar surface area (TPSA) is 110 Å². The molecule has 2 fully saturated rings. The van der Waals surface area contributed by atoms with E-state index in [-0.39, 0.29) is 60.6 Å². The molecule has 4 heterocycles. The predicted octanol–water partition coefficient (Wildman–Crippen LogP) is 3.72. The molecule has 9 nitrogen and oxygen atoms in total. The average Bonchev–Trinajstić information content (AvgIpc) is 3.31. The van der Waals surface area contributed by atoms with Gasteiger partial charge in [0, 0.05) is 43.4 Å². The second-order valence-electron chi connectivity index (χ2n) is 10.9. The molecule has 1 spiro atoms. The van der Waals surface area contributed by atoms with Crippen molar-refractivity contribution >= 4 is 29.7 Å². The Kier molecular flexibility index (Phi) is 7.25. The standard InChI is InChI=1S/C30H28F2N4O5S/c1-17-9-10-30(12-24(37)34-42-30)23-15-35(17)29(40)25-27(41-16-18-5-3-2-4-6-18)26(38)21(14-36(23)25)28(39)33-13-19-7-8-20(31)11-22(19)32/h2-8,11,14,17,23H,9-10,12-13,15-16H2,1H3,(H,33,39)(H,34,37)/t17-,23+,30+/m0/s1. The van der Waals surface area contributed by atoms with Gasteiger partial charge in [0.25, 0.3) is 11.8 Å². The van der Waals surface area contributed by atoms with Crippen molar-refractivity contribution in [1.29, 1.82) is 0 Å². The van der Waals surface area contributed by atoms with E-state index < -0.39 is 39.7 Å². The normalized spacial score (nSPS) is 22.9. The Morgan fingerprint density at radius 1 is 1.17 bits per heavy atom. The van der Waals surface area contributed by atoms with Crippen molar-refractivity contribution in [2.75, 3.05) is 6.54 Å². The SMILES string of the molecule is C[C@H]1CC[C@@]2(CC(=O)NS2)[C@H]2CN1C(=O)c1c(OCc3ccccc3)c(=O)c(C(=O)NCc3ccc(F)cc3F)cn12. The Morgan fingerprint density at radius 3 is 2.67 bits per heavy atom. The van der Waals surface area contributed by atoms with Gasteiger partial charge < -0.3 is 19.5 Å². The van der Waals surface area contributed by atoms with E-state index in [0.29, 0.717) is 18.9 Å². The molecule has 0 unspecified atom stereocenters. The van der Waals surface area contributed by atoms with E-state index >= 15 is 0 Å². The lowest BCUT2D eigenvalue weighted by molar-refractivity contribution is -0.119. The molecule has 2 aromatic carbocycles. The molecule has 1 aromatic heterocycles. The van der Waals surface area contributed by atoms with E-state index in [0.717, 1.165) is 11.6 Å². The Labute approximate surface area is 244 Å². The van der Waals surface area contributed by atoms with Gasteiger partial charge in [-0.1, -0.05) is 36.4 Å². The third kappa shape index (κ3) is 4.93. The highest BCUT2D eigenvalue weighted by Crippen LogP contribution is 2.50. The van der Waals surface area contributed by atoms with Crippen LogP contribution >= 0.6 is 11.9 Å². The number of amides is 3. The Hall–Kier alpha value is -4.19. The highest BCUT2D eigenvalue weighted by atomic mass is 32.2. The summed E-state index contributed by atoms with van der Waals surface area (Å²) in [4.78, 5) is 55.4. The van der Waals surface area contributed by atoms with E-state index in [1.165, 1.54) is 24.2 Å². The highest BCUT2D eigenvalue weighted by molar-refractivity contribution is 7.99. The summed E-state index contributed by atoms with van der Waals surface area (Å²) in [7, 11) is 0. The van der Waals surface area contributed by atoms with Crippen molar-refractivity contribution in [2.45, 2.75) is 56.2 Å². The number of ether oxygens (including phenoxy) is 1. The molecular formula is C30H28F2N4O5S. The zero-order chi connectivity index (χ0) is 29.6. The zero-order valence-electron chi connectivity index (χ0n) is 22.7. The third-order valence-electron chi connectivity index (χ3n) is 8.24. The monoisotopic (exact) mass is 594 g/mol. The van der Waals surface area contributed by atoms with E-state index in [2.05, 4.69) is 10.0 Å². The number of fused-ring (bicyclic) bond motifs is 5. The zero-order valence-corrected chi connectivity index (χ0v) is 23.5. The molecular weight excluding hydrogens is 566 g/mol. The minimum Gasteiger partial charge on any atom is -0.483 e. The summed E-state index contributed by atoms with van der Waals surface area (Å²) >= 11 is 1.32. The molecule has 2 N–H and O–H groups in total. The summed E-state index contributed by atoms with van der Waals surface area (Å²) in [5.74, 6) is -3.16. The quantitative estimate of drug-likeness (QED) is 0.421. The molecule has 3 atom stereocenters. The van der Waals surface area contributed by atoms with Gasteiger partial charge in [-0.3, -0.25) is 23.9 Å². The number of pyridine rings is 1. The summed E-state index contributed by atoms with van der Waals surface area (Å²) in [6.07, 6.45) is 2.85. The smallest absolute Gasteiger partial charge is 0.274 e. The molecule has 0 aliphatic carbocycles. The molecule has 3 aliphatic heterocycles. The first-order valence-electron chi connectivity index (χ1n) is 13.6. The first kappa shape index (κ1) is 28.0. The average molecular weight is 595 g/mol. The molecule has 0 saturated carbocycles. The minimum atomic E-state index is -0.833. The first-order valence-corrected chi connectivity index (χ1v) is 14.4. The lowest BCUT2D eigenvalue weighted by atomic mass is 9.89. The van der Waals surface area contributed by atoms with Gasteiger partial charge in [-0.05, 0) is 43.3 Å². The van der Waals surface area contributed by atoms with Crippen LogP contribution < -0.4 is 20.2 Å². The van der Waals surface area contributed by atoms with Crippen LogP contribution in [0.3, 0.4) is 0 Å². The maximum absolute atomic E-state index is 14.2. The van der Waals surface area contributed by atoms with Gasteiger partial charge in [0.15, 0.2) is 11.4 Å². The van der Waals surface area contributed by atoms with Crippen molar-refractivity contribution in [3.05, 3.63) is 99.0 Å². The molecule has 6 rings (SSSR count). The van der Waals surface area contributed by atoms with Gasteiger partial charge in [-0.25, -0.2) is 8.78 Å². The molecule has 3 aromatic rings. The number of carbonyl (C=O) groups excluding carboxylic acids is 3. The molecule has 3 amide bonds. The molecule has 2 bridgehead atoms. The predicted molar refractivity (Wildman–Crippen MR) is 151 cm³/mol. The summed E-state index contributed by atoms with van der Waals surface area (Å²) in [6.45, 7) is 1.91. The van der Waals surface area contributed by atoms with Crippen LogP contribution in [0.4, 0.5) is 8.78 Å². The van der Waals surface area contributed by atoms with Gasteiger partial charge in [0.2, 0.25) is 11.3 Å². The van der Waals surface area contributed by atoms with Crippen LogP contribution in [-0.4, -0.2) is 44.5 Å². The first-order chi connectivity index (χ1) is 20.2. The van der Waals surface area contributed by atoms with Crippen LogP contribution in [0.1, 0.15) is 64.2 Å². The third-order valence-corrected chi connectivity index (χ3v) is 9.60. The number of carbonyl (C=O) groups is 3.